The van der Waals surface area contributed by atoms with Crippen molar-refractivity contribution in [3.8, 4) is 0 Å². The van der Waals surface area contributed by atoms with E-state index in [2.05, 4.69) is 6.92 Å². The second kappa shape index (κ2) is 5.65. The Bertz CT molecular complexity index is 783. The van der Waals surface area contributed by atoms with Crippen molar-refractivity contribution >= 4 is 11.9 Å². The van der Waals surface area contributed by atoms with E-state index in [4.69, 9.17) is 14.2 Å². The highest BCUT2D eigenvalue weighted by Gasteiger charge is 2.80. The van der Waals surface area contributed by atoms with E-state index >= 15 is 0 Å². The van der Waals surface area contributed by atoms with Crippen LogP contribution in [0.3, 0.4) is 0 Å². The fourth-order valence-electron chi connectivity index (χ4n) is 5.44. The highest BCUT2D eigenvalue weighted by Crippen LogP contribution is 2.70. The first kappa shape index (κ1) is 18.7. The number of hydrogen-bond acceptors (Lipinski definition) is 7. The maximum atomic E-state index is 12.7. The third kappa shape index (κ3) is 2.19. The van der Waals surface area contributed by atoms with Crippen LogP contribution in [0.4, 0.5) is 0 Å². The number of aliphatic hydroxyl groups is 2. The molecular formula is C20H26O7. The van der Waals surface area contributed by atoms with E-state index in [0.29, 0.717) is 5.57 Å². The van der Waals surface area contributed by atoms with Crippen molar-refractivity contribution in [2.24, 2.45) is 11.3 Å². The second-order valence-electron chi connectivity index (χ2n) is 8.40. The van der Waals surface area contributed by atoms with Crippen molar-refractivity contribution in [1.29, 1.82) is 0 Å². The quantitative estimate of drug-likeness (QED) is 0.434. The van der Waals surface area contributed by atoms with Crippen molar-refractivity contribution in [3.05, 3.63) is 22.8 Å². The Balaban J connectivity index is 1.85. The van der Waals surface area contributed by atoms with E-state index in [1.165, 1.54) is 6.08 Å². The molecule has 3 fully saturated rings. The molecule has 0 bridgehead atoms. The van der Waals surface area contributed by atoms with Crippen LogP contribution < -0.4 is 0 Å². The number of aliphatic hydroxyl groups excluding tert-OH is 1. The van der Waals surface area contributed by atoms with Gasteiger partial charge in [-0.05, 0) is 32.6 Å². The summed E-state index contributed by atoms with van der Waals surface area (Å²) >= 11 is 0. The molecule has 7 heteroatoms. The molecule has 0 radical (unpaired) electrons. The molecule has 0 aromatic rings. The fraction of sp³-hybridized carbons (Fsp3) is 0.700. The first-order chi connectivity index (χ1) is 12.6. The molecule has 2 heterocycles. The zero-order valence-corrected chi connectivity index (χ0v) is 16.1. The van der Waals surface area contributed by atoms with Gasteiger partial charge in [0.1, 0.15) is 11.7 Å². The number of hydrogen-bond donors (Lipinski definition) is 2. The highest BCUT2D eigenvalue weighted by molar-refractivity contribution is 5.93. The number of allylic oxidation sites excluding steroid dienone is 1. The molecule has 1 saturated heterocycles. The highest BCUT2D eigenvalue weighted by atomic mass is 16.7. The molecule has 1 spiro atoms. The fourth-order valence-corrected chi connectivity index (χ4v) is 5.44. The minimum Gasteiger partial charge on any atom is -0.453 e. The first-order valence-corrected chi connectivity index (χ1v) is 9.46. The van der Waals surface area contributed by atoms with Crippen molar-refractivity contribution in [2.75, 3.05) is 6.61 Å². The number of epoxide rings is 1. The van der Waals surface area contributed by atoms with Gasteiger partial charge in [-0.15, -0.1) is 0 Å². The predicted molar refractivity (Wildman–Crippen MR) is 93.2 cm³/mol. The molecule has 2 saturated carbocycles. The van der Waals surface area contributed by atoms with Crippen LogP contribution in [0.25, 0.3) is 0 Å². The van der Waals surface area contributed by atoms with Gasteiger partial charge in [-0.25, -0.2) is 9.59 Å². The van der Waals surface area contributed by atoms with Crippen LogP contribution in [0.5, 0.6) is 0 Å². The van der Waals surface area contributed by atoms with Crippen LogP contribution in [-0.4, -0.2) is 52.4 Å². The summed E-state index contributed by atoms with van der Waals surface area (Å²) in [6, 6.07) is 0. The topological polar surface area (TPSA) is 106 Å². The van der Waals surface area contributed by atoms with Crippen molar-refractivity contribution in [2.45, 2.75) is 70.6 Å². The van der Waals surface area contributed by atoms with Gasteiger partial charge in [0.2, 0.25) is 5.79 Å². The Labute approximate surface area is 158 Å². The Kier molecular flexibility index (Phi) is 3.91. The Morgan fingerprint density at radius 3 is 2.74 bits per heavy atom. The molecule has 2 N–H and O–H groups in total. The number of rotatable bonds is 3. The molecule has 27 heavy (non-hydrogen) atoms. The van der Waals surface area contributed by atoms with Gasteiger partial charge in [0.15, 0.2) is 0 Å². The van der Waals surface area contributed by atoms with Gasteiger partial charge in [-0.3, -0.25) is 0 Å². The first-order valence-electron chi connectivity index (χ1n) is 9.46. The average molecular weight is 378 g/mol. The molecule has 7 nitrogen and oxygen atoms in total. The van der Waals surface area contributed by atoms with Crippen molar-refractivity contribution < 1.29 is 34.0 Å². The van der Waals surface area contributed by atoms with Gasteiger partial charge in [0.25, 0.3) is 0 Å². The molecule has 148 valence electrons. The summed E-state index contributed by atoms with van der Waals surface area (Å²) in [5.74, 6) is -2.96. The molecule has 0 aromatic carbocycles. The molecule has 2 aliphatic carbocycles. The van der Waals surface area contributed by atoms with Gasteiger partial charge < -0.3 is 24.4 Å². The summed E-state index contributed by atoms with van der Waals surface area (Å²) in [5.41, 5.74) is -0.607. The predicted octanol–water partition coefficient (Wildman–Crippen LogP) is 1.38. The molecule has 0 aromatic heterocycles. The largest absolute Gasteiger partial charge is 0.453 e. The van der Waals surface area contributed by atoms with Gasteiger partial charge >= 0.3 is 11.9 Å². The summed E-state index contributed by atoms with van der Waals surface area (Å²) < 4.78 is 17.3. The number of fused-ring (bicyclic) bond motifs is 1. The van der Waals surface area contributed by atoms with Crippen LogP contribution in [-0.2, 0) is 23.8 Å². The van der Waals surface area contributed by atoms with E-state index in [0.717, 1.165) is 12.8 Å². The zero-order chi connectivity index (χ0) is 19.8. The lowest BCUT2D eigenvalue weighted by molar-refractivity contribution is -0.225. The molecule has 0 amide bonds. The molecular weight excluding hydrogens is 352 g/mol. The SMILES string of the molecule is CC=C(CO)C(=O)OC1C2=C(C)C(=O)OC2(O)CC23OC2CCC(C)C13C. The maximum absolute atomic E-state index is 12.7. The Morgan fingerprint density at radius 1 is 1.41 bits per heavy atom. The summed E-state index contributed by atoms with van der Waals surface area (Å²) in [5, 5.41) is 20.6. The van der Waals surface area contributed by atoms with Crippen LogP contribution in [0.15, 0.2) is 22.8 Å². The van der Waals surface area contributed by atoms with E-state index in [1.807, 2.05) is 6.92 Å². The van der Waals surface area contributed by atoms with E-state index < -0.39 is 41.5 Å². The molecule has 6 unspecified atom stereocenters. The summed E-state index contributed by atoms with van der Waals surface area (Å²) in [7, 11) is 0. The standard InChI is InChI=1S/C20H26O7/c1-5-12(8-21)17(23)25-15-14-11(3)16(22)27-20(14,24)9-19-13(26-19)7-6-10(2)18(15,19)4/h5,10,13,15,21,24H,6-9H2,1-4H3. The summed E-state index contributed by atoms with van der Waals surface area (Å²) in [4.78, 5) is 24.9. The number of carbonyl (C=O) groups is 2. The number of ether oxygens (including phenoxy) is 3. The molecule has 2 aliphatic heterocycles. The van der Waals surface area contributed by atoms with Crippen LogP contribution in [0.2, 0.25) is 0 Å². The molecule has 4 aliphatic rings. The van der Waals surface area contributed by atoms with Gasteiger partial charge in [0, 0.05) is 17.4 Å². The van der Waals surface area contributed by atoms with Crippen LogP contribution >= 0.6 is 0 Å². The third-order valence-electron chi connectivity index (χ3n) is 7.32. The number of esters is 2. The second-order valence-corrected chi connectivity index (χ2v) is 8.40. The van der Waals surface area contributed by atoms with Crippen molar-refractivity contribution in [1.82, 2.24) is 0 Å². The lowest BCUT2D eigenvalue weighted by Gasteiger charge is -2.54. The lowest BCUT2D eigenvalue weighted by atomic mass is 9.51. The Morgan fingerprint density at radius 2 is 2.11 bits per heavy atom. The van der Waals surface area contributed by atoms with Crippen LogP contribution in [0.1, 0.15) is 47.0 Å². The zero-order valence-electron chi connectivity index (χ0n) is 16.1. The summed E-state index contributed by atoms with van der Waals surface area (Å²) in [6.07, 6.45) is 2.46. The van der Waals surface area contributed by atoms with E-state index in [1.54, 1.807) is 13.8 Å². The normalized spacial score (nSPS) is 45.6. The third-order valence-corrected chi connectivity index (χ3v) is 7.32. The molecule has 4 rings (SSSR count). The smallest absolute Gasteiger partial charge is 0.336 e. The van der Waals surface area contributed by atoms with E-state index in [-0.39, 0.29) is 29.6 Å². The minimum atomic E-state index is -1.83. The lowest BCUT2D eigenvalue weighted by Crippen LogP contribution is -2.64. The van der Waals surface area contributed by atoms with Gasteiger partial charge in [-0.1, -0.05) is 19.9 Å². The Hall–Kier alpha value is -1.70. The monoisotopic (exact) mass is 378 g/mol. The van der Waals surface area contributed by atoms with Crippen LogP contribution in [0, 0.1) is 11.3 Å². The van der Waals surface area contributed by atoms with Gasteiger partial charge in [-0.2, -0.15) is 0 Å². The molecule has 6 atom stereocenters. The maximum Gasteiger partial charge on any atom is 0.336 e. The summed E-state index contributed by atoms with van der Waals surface area (Å²) in [6.45, 7) is 6.87. The number of carbonyl (C=O) groups excluding carboxylic acids is 2. The minimum absolute atomic E-state index is 0.0517. The average Bonchev–Trinajstić information content (AvgIpc) is 3.26. The van der Waals surface area contributed by atoms with Gasteiger partial charge in [0.05, 0.1) is 23.9 Å². The van der Waals surface area contributed by atoms with Crippen molar-refractivity contribution in [3.63, 3.8) is 0 Å². The van der Waals surface area contributed by atoms with E-state index in [9.17, 15) is 19.8 Å².